The standard InChI is InChI=1S/C15H13F3N4O2/c1-8-7-22-9(5-4-6-10(22)19-8)12-11(15(16,17)18)13(14(23)24-3)21(2)20-12/h4-7H,1-3H3. The number of pyridine rings is 1. The van der Waals surface area contributed by atoms with E-state index < -0.39 is 23.4 Å². The van der Waals surface area contributed by atoms with E-state index in [4.69, 9.17) is 0 Å². The van der Waals surface area contributed by atoms with Crippen molar-refractivity contribution in [3.63, 3.8) is 0 Å². The lowest BCUT2D eigenvalue weighted by molar-refractivity contribution is -0.137. The molecule has 126 valence electrons. The number of ether oxygens (including phenoxy) is 1. The molecule has 0 amide bonds. The summed E-state index contributed by atoms with van der Waals surface area (Å²) in [5.74, 6) is -1.10. The number of imidazole rings is 1. The lowest BCUT2D eigenvalue weighted by atomic mass is 10.1. The van der Waals surface area contributed by atoms with Crippen molar-refractivity contribution >= 4 is 11.6 Å². The van der Waals surface area contributed by atoms with Crippen molar-refractivity contribution in [3.05, 3.63) is 41.3 Å². The van der Waals surface area contributed by atoms with Crippen LogP contribution in [0.5, 0.6) is 0 Å². The highest BCUT2D eigenvalue weighted by atomic mass is 19.4. The second kappa shape index (κ2) is 5.36. The number of carbonyl (C=O) groups is 1. The van der Waals surface area contributed by atoms with Gasteiger partial charge >= 0.3 is 12.1 Å². The summed E-state index contributed by atoms with van der Waals surface area (Å²) >= 11 is 0. The number of fused-ring (bicyclic) bond motifs is 1. The maximum atomic E-state index is 13.6. The topological polar surface area (TPSA) is 61.4 Å². The van der Waals surface area contributed by atoms with E-state index in [0.29, 0.717) is 11.3 Å². The summed E-state index contributed by atoms with van der Waals surface area (Å²) in [5, 5.41) is 3.92. The van der Waals surface area contributed by atoms with Crippen LogP contribution in [0.4, 0.5) is 13.2 Å². The summed E-state index contributed by atoms with van der Waals surface area (Å²) in [6.45, 7) is 1.74. The molecule has 3 aromatic rings. The number of nitrogens with zero attached hydrogens (tertiary/aromatic N) is 4. The smallest absolute Gasteiger partial charge is 0.420 e. The number of aryl methyl sites for hydroxylation is 2. The fraction of sp³-hybridized carbons (Fsp3) is 0.267. The van der Waals surface area contributed by atoms with Crippen molar-refractivity contribution in [2.45, 2.75) is 13.1 Å². The molecule has 3 rings (SSSR count). The Morgan fingerprint density at radius 3 is 2.62 bits per heavy atom. The van der Waals surface area contributed by atoms with Gasteiger partial charge in [0.2, 0.25) is 0 Å². The Morgan fingerprint density at radius 2 is 2.00 bits per heavy atom. The molecule has 9 heteroatoms. The number of alkyl halides is 3. The van der Waals surface area contributed by atoms with Crippen LogP contribution in [0.1, 0.15) is 21.7 Å². The van der Waals surface area contributed by atoms with Crippen LogP contribution in [0.25, 0.3) is 17.0 Å². The zero-order valence-corrected chi connectivity index (χ0v) is 13.0. The third-order valence-electron chi connectivity index (χ3n) is 3.56. The Balaban J connectivity index is 2.37. The Morgan fingerprint density at radius 1 is 1.29 bits per heavy atom. The molecular weight excluding hydrogens is 325 g/mol. The average Bonchev–Trinajstić information content (AvgIpc) is 3.04. The van der Waals surface area contributed by atoms with Crippen LogP contribution in [-0.2, 0) is 18.0 Å². The summed E-state index contributed by atoms with van der Waals surface area (Å²) in [7, 11) is 2.29. The monoisotopic (exact) mass is 338 g/mol. The number of methoxy groups -OCH3 is 1. The van der Waals surface area contributed by atoms with E-state index in [2.05, 4.69) is 14.8 Å². The molecule has 0 saturated carbocycles. The first-order chi connectivity index (χ1) is 11.2. The summed E-state index contributed by atoms with van der Waals surface area (Å²) in [6.07, 6.45) is -3.16. The first-order valence-corrected chi connectivity index (χ1v) is 6.91. The number of aromatic nitrogens is 4. The average molecular weight is 338 g/mol. The van der Waals surface area contributed by atoms with Gasteiger partial charge in [-0.05, 0) is 19.1 Å². The van der Waals surface area contributed by atoms with E-state index in [1.807, 2.05) is 0 Å². The van der Waals surface area contributed by atoms with Gasteiger partial charge in [0.05, 0.1) is 18.5 Å². The molecule has 0 N–H and O–H groups in total. The molecule has 0 radical (unpaired) electrons. The highest BCUT2D eigenvalue weighted by molar-refractivity contribution is 5.91. The minimum absolute atomic E-state index is 0.186. The molecule has 0 aliphatic rings. The molecule has 0 unspecified atom stereocenters. The molecule has 0 aliphatic carbocycles. The van der Waals surface area contributed by atoms with Gasteiger partial charge in [0.25, 0.3) is 0 Å². The second-order valence-corrected chi connectivity index (χ2v) is 5.21. The molecule has 3 aromatic heterocycles. The Kier molecular flexibility index (Phi) is 3.58. The summed E-state index contributed by atoms with van der Waals surface area (Å²) in [4.78, 5) is 16.0. The molecule has 0 spiro atoms. The van der Waals surface area contributed by atoms with E-state index in [1.165, 1.54) is 17.5 Å². The van der Waals surface area contributed by atoms with E-state index in [1.54, 1.807) is 25.3 Å². The molecule has 3 heterocycles. The van der Waals surface area contributed by atoms with Gasteiger partial charge in [-0.15, -0.1) is 0 Å². The van der Waals surface area contributed by atoms with Crippen LogP contribution in [0.3, 0.4) is 0 Å². The Bertz CT molecular complexity index is 940. The van der Waals surface area contributed by atoms with Crippen LogP contribution in [0.2, 0.25) is 0 Å². The maximum absolute atomic E-state index is 13.6. The molecule has 24 heavy (non-hydrogen) atoms. The van der Waals surface area contributed by atoms with Gasteiger partial charge in [-0.2, -0.15) is 18.3 Å². The van der Waals surface area contributed by atoms with Crippen LogP contribution >= 0.6 is 0 Å². The molecule has 0 bridgehead atoms. The predicted molar refractivity (Wildman–Crippen MR) is 78.5 cm³/mol. The van der Waals surface area contributed by atoms with Crippen molar-refractivity contribution in [2.24, 2.45) is 7.05 Å². The number of halogens is 3. The van der Waals surface area contributed by atoms with E-state index in [-0.39, 0.29) is 11.4 Å². The lowest BCUT2D eigenvalue weighted by Gasteiger charge is -2.10. The largest absolute Gasteiger partial charge is 0.464 e. The summed E-state index contributed by atoms with van der Waals surface area (Å²) < 4.78 is 47.7. The van der Waals surface area contributed by atoms with E-state index in [9.17, 15) is 18.0 Å². The molecule has 0 aromatic carbocycles. The minimum Gasteiger partial charge on any atom is -0.464 e. The fourth-order valence-electron chi connectivity index (χ4n) is 2.63. The number of hydrogen-bond acceptors (Lipinski definition) is 4. The highest BCUT2D eigenvalue weighted by Gasteiger charge is 2.43. The third-order valence-corrected chi connectivity index (χ3v) is 3.56. The van der Waals surface area contributed by atoms with Gasteiger partial charge in [0.15, 0.2) is 5.69 Å². The normalized spacial score (nSPS) is 11.9. The van der Waals surface area contributed by atoms with Gasteiger partial charge in [-0.25, -0.2) is 9.78 Å². The van der Waals surface area contributed by atoms with Crippen molar-refractivity contribution < 1.29 is 22.7 Å². The molecule has 0 fully saturated rings. The van der Waals surface area contributed by atoms with Gasteiger partial charge < -0.3 is 4.74 Å². The van der Waals surface area contributed by atoms with E-state index >= 15 is 0 Å². The summed E-state index contributed by atoms with van der Waals surface area (Å²) in [5.41, 5.74) is -0.798. The molecule has 0 aliphatic heterocycles. The fourth-order valence-corrected chi connectivity index (χ4v) is 2.63. The minimum atomic E-state index is -4.77. The molecular formula is C15H13F3N4O2. The number of rotatable bonds is 2. The van der Waals surface area contributed by atoms with Crippen LogP contribution in [0.15, 0.2) is 24.4 Å². The lowest BCUT2D eigenvalue weighted by Crippen LogP contribution is -2.16. The van der Waals surface area contributed by atoms with Crippen molar-refractivity contribution in [1.82, 2.24) is 19.2 Å². The maximum Gasteiger partial charge on any atom is 0.420 e. The van der Waals surface area contributed by atoms with Crippen LogP contribution < -0.4 is 0 Å². The van der Waals surface area contributed by atoms with Crippen molar-refractivity contribution in [1.29, 1.82) is 0 Å². The summed E-state index contributed by atoms with van der Waals surface area (Å²) in [6, 6.07) is 4.75. The SMILES string of the molecule is COC(=O)c1c(C(F)(F)F)c(-c2cccc3nc(C)cn23)nn1C. The van der Waals surface area contributed by atoms with E-state index in [0.717, 1.165) is 11.8 Å². The zero-order chi connectivity index (χ0) is 17.6. The van der Waals surface area contributed by atoms with Gasteiger partial charge in [0, 0.05) is 13.2 Å². The van der Waals surface area contributed by atoms with Gasteiger partial charge in [-0.3, -0.25) is 9.08 Å². The van der Waals surface area contributed by atoms with Crippen molar-refractivity contribution in [3.8, 4) is 11.4 Å². The zero-order valence-electron chi connectivity index (χ0n) is 13.0. The van der Waals surface area contributed by atoms with Crippen molar-refractivity contribution in [2.75, 3.05) is 7.11 Å². The second-order valence-electron chi connectivity index (χ2n) is 5.21. The van der Waals surface area contributed by atoms with Gasteiger partial charge in [-0.1, -0.05) is 6.07 Å². The third kappa shape index (κ3) is 2.41. The molecule has 6 nitrogen and oxygen atoms in total. The Hall–Kier alpha value is -2.84. The molecule has 0 atom stereocenters. The number of hydrogen-bond donors (Lipinski definition) is 0. The predicted octanol–water partition coefficient (Wildman–Crippen LogP) is 2.85. The molecule has 0 saturated heterocycles. The number of esters is 1. The first-order valence-electron chi connectivity index (χ1n) is 6.91. The quantitative estimate of drug-likeness (QED) is 0.674. The van der Waals surface area contributed by atoms with Gasteiger partial charge in [0.1, 0.15) is 16.9 Å². The van der Waals surface area contributed by atoms with Crippen LogP contribution in [-0.4, -0.2) is 32.2 Å². The first kappa shape index (κ1) is 16.0. The van der Waals surface area contributed by atoms with Crippen LogP contribution in [0, 0.1) is 6.92 Å². The number of carbonyl (C=O) groups excluding carboxylic acids is 1. The highest BCUT2D eigenvalue weighted by Crippen LogP contribution is 2.39. The Labute approximate surface area is 134 Å².